The lowest BCUT2D eigenvalue weighted by atomic mass is 9.97. The van der Waals surface area contributed by atoms with Crippen LogP contribution in [0.3, 0.4) is 0 Å². The number of phenolic OH excluding ortho intramolecular Hbond substituents is 2. The van der Waals surface area contributed by atoms with Crippen molar-refractivity contribution in [1.29, 1.82) is 0 Å². The second-order valence-electron chi connectivity index (χ2n) is 10.8. The molecule has 0 amide bonds. The molecular formula is C31H40O15. The summed E-state index contributed by atoms with van der Waals surface area (Å²) in [5, 5.41) is 71.7. The summed E-state index contributed by atoms with van der Waals surface area (Å²) in [6, 6.07) is 9.16. The lowest BCUT2D eigenvalue weighted by molar-refractivity contribution is -0.357. The monoisotopic (exact) mass is 652 g/mol. The van der Waals surface area contributed by atoms with Crippen molar-refractivity contribution in [3.05, 3.63) is 53.6 Å². The van der Waals surface area contributed by atoms with E-state index >= 15 is 0 Å². The standard InChI is InChI=1S/C31H40O15/c1-15-24(36)25(37)26(38)31(43-15)46-29-27(39)30(42-11-10-17-5-8-20(40-2)21(13-17)41-3)44-22(14-32)28(29)45-23(35)9-6-16-4-7-18(33)19(34)12-16/h4-9,12-13,15,22,24-34,36-39H,10-11,14H2,1-3H3/b9-6+/t15-,22+,24-,25+,26+,27+,28+,29+,30+,31-/m0/s1. The van der Waals surface area contributed by atoms with Gasteiger partial charge in [-0.05, 0) is 54.8 Å². The van der Waals surface area contributed by atoms with Gasteiger partial charge in [0.25, 0.3) is 0 Å². The molecule has 254 valence electrons. The third kappa shape index (κ3) is 8.25. The summed E-state index contributed by atoms with van der Waals surface area (Å²) in [7, 11) is 3.02. The van der Waals surface area contributed by atoms with Crippen molar-refractivity contribution >= 4 is 12.0 Å². The van der Waals surface area contributed by atoms with Gasteiger partial charge in [0, 0.05) is 6.08 Å². The topological polar surface area (TPSA) is 223 Å². The first kappa shape index (κ1) is 35.3. The first-order chi connectivity index (χ1) is 22.0. The van der Waals surface area contributed by atoms with Crippen LogP contribution < -0.4 is 9.47 Å². The van der Waals surface area contributed by atoms with E-state index in [1.165, 1.54) is 45.4 Å². The molecule has 2 saturated heterocycles. The highest BCUT2D eigenvalue weighted by Gasteiger charge is 2.52. The summed E-state index contributed by atoms with van der Waals surface area (Å²) in [5.41, 5.74) is 1.16. The van der Waals surface area contributed by atoms with E-state index in [0.717, 1.165) is 11.6 Å². The zero-order valence-corrected chi connectivity index (χ0v) is 25.4. The quantitative estimate of drug-likeness (QED) is 0.0880. The summed E-state index contributed by atoms with van der Waals surface area (Å²) in [6.45, 7) is 0.761. The molecule has 0 unspecified atom stereocenters. The number of esters is 1. The van der Waals surface area contributed by atoms with Crippen LogP contribution in [0.5, 0.6) is 23.0 Å². The summed E-state index contributed by atoms with van der Waals surface area (Å²) in [5.74, 6) is -0.658. The number of rotatable bonds is 12. The van der Waals surface area contributed by atoms with Gasteiger partial charge in [-0.3, -0.25) is 0 Å². The number of carbonyl (C=O) groups is 1. The Kier molecular flexibility index (Phi) is 12.2. The van der Waals surface area contributed by atoms with Gasteiger partial charge < -0.3 is 68.9 Å². The number of aromatic hydroxyl groups is 2. The highest BCUT2D eigenvalue weighted by Crippen LogP contribution is 2.32. The smallest absolute Gasteiger partial charge is 0.331 e. The SMILES string of the molecule is COc1ccc(CCO[C@@H]2O[C@H](CO)[C@@H](OC(=O)/C=C/c3ccc(O)c(O)c3)[C@H](O[C@@H]3O[C@@H](C)[C@H](O)[C@@H](O)[C@H]3O)[C@H]2O)cc1OC. The summed E-state index contributed by atoms with van der Waals surface area (Å²) in [4.78, 5) is 12.9. The largest absolute Gasteiger partial charge is 0.504 e. The predicted octanol–water partition coefficient (Wildman–Crippen LogP) is -0.410. The molecule has 15 heteroatoms. The minimum absolute atomic E-state index is 0.0270. The molecule has 2 heterocycles. The van der Waals surface area contributed by atoms with Crippen molar-refractivity contribution < 1.29 is 73.7 Å². The van der Waals surface area contributed by atoms with Crippen LogP contribution in [-0.4, -0.2) is 131 Å². The molecule has 0 radical (unpaired) electrons. The van der Waals surface area contributed by atoms with E-state index in [1.807, 2.05) is 0 Å². The van der Waals surface area contributed by atoms with E-state index in [0.29, 0.717) is 23.5 Å². The second-order valence-corrected chi connectivity index (χ2v) is 10.8. The number of carbonyl (C=O) groups excluding carboxylic acids is 1. The van der Waals surface area contributed by atoms with Crippen molar-refractivity contribution in [2.24, 2.45) is 0 Å². The molecule has 0 aliphatic carbocycles. The molecule has 10 atom stereocenters. The molecule has 7 N–H and O–H groups in total. The van der Waals surface area contributed by atoms with Crippen molar-refractivity contribution in [2.45, 2.75) is 74.8 Å². The van der Waals surface area contributed by atoms with Crippen LogP contribution >= 0.6 is 0 Å². The molecule has 2 aromatic rings. The molecule has 2 aliphatic heterocycles. The van der Waals surface area contributed by atoms with Crippen molar-refractivity contribution in [1.82, 2.24) is 0 Å². The van der Waals surface area contributed by atoms with E-state index < -0.39 is 79.7 Å². The Balaban J connectivity index is 1.52. The Hall–Kier alpha value is -3.51. The average molecular weight is 653 g/mol. The van der Waals surface area contributed by atoms with Crippen LogP contribution in [0, 0.1) is 0 Å². The zero-order chi connectivity index (χ0) is 33.5. The van der Waals surface area contributed by atoms with E-state index in [4.69, 9.17) is 33.2 Å². The third-order valence-electron chi connectivity index (χ3n) is 7.68. The lowest BCUT2D eigenvalue weighted by Crippen LogP contribution is -2.65. The highest BCUT2D eigenvalue weighted by molar-refractivity contribution is 5.87. The number of hydrogen-bond acceptors (Lipinski definition) is 15. The summed E-state index contributed by atoms with van der Waals surface area (Å²) >= 11 is 0. The maximum atomic E-state index is 12.9. The Bertz CT molecular complexity index is 1340. The van der Waals surface area contributed by atoms with Crippen molar-refractivity contribution in [3.63, 3.8) is 0 Å². The number of ether oxygens (including phenoxy) is 7. The zero-order valence-electron chi connectivity index (χ0n) is 25.4. The molecule has 2 aromatic carbocycles. The Morgan fingerprint density at radius 3 is 2.26 bits per heavy atom. The third-order valence-corrected chi connectivity index (χ3v) is 7.68. The van der Waals surface area contributed by atoms with Gasteiger partial charge in [-0.15, -0.1) is 0 Å². The molecule has 0 spiro atoms. The van der Waals surface area contributed by atoms with E-state index in [2.05, 4.69) is 0 Å². The lowest BCUT2D eigenvalue weighted by Gasteiger charge is -2.46. The molecule has 2 fully saturated rings. The first-order valence-electron chi connectivity index (χ1n) is 14.5. The Morgan fingerprint density at radius 2 is 1.59 bits per heavy atom. The summed E-state index contributed by atoms with van der Waals surface area (Å²) < 4.78 is 39.1. The van der Waals surface area contributed by atoms with Gasteiger partial charge in [-0.2, -0.15) is 0 Å². The fourth-order valence-corrected chi connectivity index (χ4v) is 5.07. The van der Waals surface area contributed by atoms with Gasteiger partial charge in [-0.25, -0.2) is 4.79 Å². The minimum Gasteiger partial charge on any atom is -0.504 e. The van der Waals surface area contributed by atoms with Gasteiger partial charge in [0.2, 0.25) is 0 Å². The molecular weight excluding hydrogens is 612 g/mol. The number of aliphatic hydroxyl groups is 5. The minimum atomic E-state index is -1.75. The fourth-order valence-electron chi connectivity index (χ4n) is 5.07. The predicted molar refractivity (Wildman–Crippen MR) is 157 cm³/mol. The van der Waals surface area contributed by atoms with Crippen LogP contribution in [0.25, 0.3) is 6.08 Å². The first-order valence-corrected chi connectivity index (χ1v) is 14.5. The summed E-state index contributed by atoms with van der Waals surface area (Å²) in [6.07, 6.45) is -12.1. The molecule has 15 nitrogen and oxygen atoms in total. The number of methoxy groups -OCH3 is 2. The van der Waals surface area contributed by atoms with Gasteiger partial charge in [0.05, 0.1) is 33.5 Å². The molecule has 0 aromatic heterocycles. The van der Waals surface area contributed by atoms with Crippen LogP contribution in [0.4, 0.5) is 0 Å². The Morgan fingerprint density at radius 1 is 0.848 bits per heavy atom. The number of hydrogen-bond donors (Lipinski definition) is 7. The maximum Gasteiger partial charge on any atom is 0.331 e. The average Bonchev–Trinajstić information content (AvgIpc) is 3.05. The van der Waals surface area contributed by atoms with Crippen LogP contribution in [-0.2, 0) is 34.9 Å². The molecule has 0 saturated carbocycles. The van der Waals surface area contributed by atoms with Gasteiger partial charge >= 0.3 is 5.97 Å². The highest BCUT2D eigenvalue weighted by atomic mass is 16.7. The molecule has 0 bridgehead atoms. The van der Waals surface area contributed by atoms with Gasteiger partial charge in [0.15, 0.2) is 41.7 Å². The molecule has 46 heavy (non-hydrogen) atoms. The fraction of sp³-hybridized carbons (Fsp3) is 0.516. The number of aliphatic hydroxyl groups excluding tert-OH is 5. The van der Waals surface area contributed by atoms with E-state index in [1.54, 1.807) is 18.2 Å². The van der Waals surface area contributed by atoms with Crippen LogP contribution in [0.2, 0.25) is 0 Å². The number of phenols is 2. The van der Waals surface area contributed by atoms with Gasteiger partial charge in [-0.1, -0.05) is 12.1 Å². The Labute approximate surface area is 264 Å². The molecule has 2 aliphatic rings. The maximum absolute atomic E-state index is 12.9. The van der Waals surface area contributed by atoms with Crippen molar-refractivity contribution in [3.8, 4) is 23.0 Å². The van der Waals surface area contributed by atoms with Crippen LogP contribution in [0.15, 0.2) is 42.5 Å². The van der Waals surface area contributed by atoms with Crippen molar-refractivity contribution in [2.75, 3.05) is 27.4 Å². The van der Waals surface area contributed by atoms with Gasteiger partial charge in [0.1, 0.15) is 36.6 Å². The molecule has 4 rings (SSSR count). The second kappa shape index (κ2) is 15.9. The number of benzene rings is 2. The van der Waals surface area contributed by atoms with Crippen LogP contribution in [0.1, 0.15) is 18.1 Å². The van der Waals surface area contributed by atoms with E-state index in [-0.39, 0.29) is 12.4 Å². The normalized spacial score (nSPS) is 31.5. The van der Waals surface area contributed by atoms with E-state index in [9.17, 15) is 40.5 Å².